The number of non-ortho nitro benzene ring substituents is 1. The lowest BCUT2D eigenvalue weighted by atomic mass is 10.1. The fraction of sp³-hybridized carbons (Fsp3) is 0. The molecule has 1 aromatic heterocycles. The molecule has 0 unspecified atom stereocenters. The summed E-state index contributed by atoms with van der Waals surface area (Å²) < 4.78 is 5.52. The van der Waals surface area contributed by atoms with Crippen molar-refractivity contribution in [3.8, 4) is 11.3 Å². The minimum absolute atomic E-state index is 0.0640. The number of hydrogen-bond acceptors (Lipinski definition) is 6. The Kier molecular flexibility index (Phi) is 6.00. The van der Waals surface area contributed by atoms with Crippen molar-refractivity contribution in [2.45, 2.75) is 0 Å². The van der Waals surface area contributed by atoms with Gasteiger partial charge in [0.1, 0.15) is 11.5 Å². The summed E-state index contributed by atoms with van der Waals surface area (Å²) >= 11 is 5.91. The molecular weight excluding hydrogens is 400 g/mol. The van der Waals surface area contributed by atoms with Crippen molar-refractivity contribution in [2.75, 3.05) is 5.32 Å². The summed E-state index contributed by atoms with van der Waals surface area (Å²) in [6.07, 6.45) is 1.20. The number of hydrogen-bond donors (Lipinski definition) is 2. The van der Waals surface area contributed by atoms with Gasteiger partial charge in [0.15, 0.2) is 0 Å². The van der Waals surface area contributed by atoms with Crippen LogP contribution in [0.25, 0.3) is 11.3 Å². The van der Waals surface area contributed by atoms with Crippen molar-refractivity contribution < 1.29 is 18.9 Å². The number of para-hydroxylation sites is 1. The molecule has 9 nitrogen and oxygen atoms in total. The second-order valence-electron chi connectivity index (χ2n) is 5.64. The Morgan fingerprint density at radius 2 is 1.86 bits per heavy atom. The SMILES string of the molecule is O=C(N/N=C/c1ccc(-c2cccc([N+](=O)[O-])c2)o1)C(=O)Nc1ccccc1Cl. The standard InChI is InChI=1S/C19H13ClN4O5/c20-15-6-1-2-7-16(15)22-18(25)19(26)23-21-11-14-8-9-17(29-14)12-4-3-5-13(10-12)24(27)28/h1-11H,(H,22,25)(H,23,26)/b21-11+. The van der Waals surface area contributed by atoms with E-state index < -0.39 is 16.7 Å². The molecule has 3 aromatic rings. The van der Waals surface area contributed by atoms with Crippen LogP contribution in [0.5, 0.6) is 0 Å². The Balaban J connectivity index is 1.60. The second kappa shape index (κ2) is 8.81. The number of carbonyl (C=O) groups excluding carboxylic acids is 2. The predicted octanol–water partition coefficient (Wildman–Crippen LogP) is 3.60. The van der Waals surface area contributed by atoms with Crippen LogP contribution < -0.4 is 10.7 Å². The molecule has 29 heavy (non-hydrogen) atoms. The molecule has 0 aliphatic heterocycles. The van der Waals surface area contributed by atoms with Gasteiger partial charge in [0.05, 0.1) is 21.8 Å². The van der Waals surface area contributed by atoms with Crippen LogP contribution in [0.1, 0.15) is 5.76 Å². The van der Waals surface area contributed by atoms with Crippen LogP contribution in [0.2, 0.25) is 5.02 Å². The molecule has 0 fully saturated rings. The Labute approximate surface area is 169 Å². The normalized spacial score (nSPS) is 10.7. The molecule has 2 aromatic carbocycles. The predicted molar refractivity (Wildman–Crippen MR) is 107 cm³/mol. The summed E-state index contributed by atoms with van der Waals surface area (Å²) in [6, 6.07) is 15.6. The molecule has 2 N–H and O–H groups in total. The van der Waals surface area contributed by atoms with E-state index in [2.05, 4.69) is 15.8 Å². The number of nitrogens with one attached hydrogen (secondary N) is 2. The molecule has 2 amide bonds. The fourth-order valence-corrected chi connectivity index (χ4v) is 2.48. The lowest BCUT2D eigenvalue weighted by Gasteiger charge is -2.05. The van der Waals surface area contributed by atoms with Crippen LogP contribution in [0.15, 0.2) is 70.2 Å². The van der Waals surface area contributed by atoms with Crippen LogP contribution >= 0.6 is 11.6 Å². The molecule has 0 saturated heterocycles. The van der Waals surface area contributed by atoms with Gasteiger partial charge >= 0.3 is 11.8 Å². The van der Waals surface area contributed by atoms with Gasteiger partial charge in [-0.05, 0) is 24.3 Å². The number of nitro groups is 1. The van der Waals surface area contributed by atoms with Gasteiger partial charge in [0.25, 0.3) is 5.69 Å². The third kappa shape index (κ3) is 5.05. The van der Waals surface area contributed by atoms with Crippen molar-refractivity contribution in [3.63, 3.8) is 0 Å². The maximum absolute atomic E-state index is 11.8. The molecule has 0 aliphatic rings. The van der Waals surface area contributed by atoms with Gasteiger partial charge in [0, 0.05) is 17.7 Å². The molecule has 0 radical (unpaired) electrons. The zero-order valence-electron chi connectivity index (χ0n) is 14.7. The highest BCUT2D eigenvalue weighted by Crippen LogP contribution is 2.25. The maximum atomic E-state index is 11.8. The third-order valence-electron chi connectivity index (χ3n) is 3.65. The molecule has 0 bridgehead atoms. The summed E-state index contributed by atoms with van der Waals surface area (Å²) in [5.74, 6) is -1.27. The average molecular weight is 413 g/mol. The van der Waals surface area contributed by atoms with E-state index in [-0.39, 0.29) is 11.4 Å². The summed E-state index contributed by atoms with van der Waals surface area (Å²) in [7, 11) is 0. The lowest BCUT2D eigenvalue weighted by molar-refractivity contribution is -0.384. The summed E-state index contributed by atoms with van der Waals surface area (Å²) in [4.78, 5) is 34.0. The quantitative estimate of drug-likeness (QED) is 0.286. The number of benzene rings is 2. The highest BCUT2D eigenvalue weighted by atomic mass is 35.5. The van der Waals surface area contributed by atoms with Gasteiger partial charge in [-0.25, -0.2) is 5.43 Å². The van der Waals surface area contributed by atoms with Gasteiger partial charge in [-0.15, -0.1) is 0 Å². The van der Waals surface area contributed by atoms with Crippen molar-refractivity contribution in [1.82, 2.24) is 5.43 Å². The number of amides is 2. The summed E-state index contributed by atoms with van der Waals surface area (Å²) in [6.45, 7) is 0. The third-order valence-corrected chi connectivity index (χ3v) is 3.98. The first-order chi connectivity index (χ1) is 13.9. The molecule has 1 heterocycles. The minimum atomic E-state index is -0.994. The Hall–Kier alpha value is -3.98. The summed E-state index contributed by atoms with van der Waals surface area (Å²) in [5.41, 5.74) is 2.82. The average Bonchev–Trinajstić information content (AvgIpc) is 3.18. The first kappa shape index (κ1) is 19.8. The Morgan fingerprint density at radius 1 is 1.07 bits per heavy atom. The number of anilines is 1. The van der Waals surface area contributed by atoms with Crippen LogP contribution in [-0.2, 0) is 9.59 Å². The molecular formula is C19H13ClN4O5. The number of nitro benzene ring substituents is 1. The van der Waals surface area contributed by atoms with E-state index in [1.54, 1.807) is 48.5 Å². The number of nitrogens with zero attached hydrogens (tertiary/aromatic N) is 2. The van der Waals surface area contributed by atoms with Gasteiger partial charge in [0.2, 0.25) is 0 Å². The van der Waals surface area contributed by atoms with E-state index in [1.807, 2.05) is 0 Å². The van der Waals surface area contributed by atoms with Crippen molar-refractivity contribution in [3.05, 3.63) is 81.6 Å². The molecule has 3 rings (SSSR count). The van der Waals surface area contributed by atoms with E-state index in [4.69, 9.17) is 16.0 Å². The second-order valence-corrected chi connectivity index (χ2v) is 6.05. The zero-order valence-corrected chi connectivity index (χ0v) is 15.4. The van der Waals surface area contributed by atoms with E-state index in [1.165, 1.54) is 18.3 Å². The Morgan fingerprint density at radius 3 is 2.62 bits per heavy atom. The van der Waals surface area contributed by atoms with Crippen molar-refractivity contribution in [1.29, 1.82) is 0 Å². The summed E-state index contributed by atoms with van der Waals surface area (Å²) in [5, 5.41) is 17.2. The van der Waals surface area contributed by atoms with Crippen molar-refractivity contribution >= 4 is 41.0 Å². The fourth-order valence-electron chi connectivity index (χ4n) is 2.30. The zero-order chi connectivity index (χ0) is 20.8. The first-order valence-electron chi connectivity index (χ1n) is 8.17. The maximum Gasteiger partial charge on any atom is 0.329 e. The monoisotopic (exact) mass is 412 g/mol. The van der Waals surface area contributed by atoms with Crippen LogP contribution in [0.4, 0.5) is 11.4 Å². The van der Waals surface area contributed by atoms with Crippen molar-refractivity contribution in [2.24, 2.45) is 5.10 Å². The molecule has 10 heteroatoms. The van der Waals surface area contributed by atoms with Crippen LogP contribution in [-0.4, -0.2) is 23.0 Å². The number of rotatable bonds is 5. The molecule has 0 atom stereocenters. The minimum Gasteiger partial charge on any atom is -0.455 e. The highest BCUT2D eigenvalue weighted by molar-refractivity contribution is 6.41. The first-order valence-corrected chi connectivity index (χ1v) is 8.55. The van der Waals surface area contributed by atoms with Gasteiger partial charge in [-0.1, -0.05) is 35.9 Å². The van der Waals surface area contributed by atoms with Gasteiger partial charge < -0.3 is 9.73 Å². The number of hydrazone groups is 1. The Bertz CT molecular complexity index is 1110. The van der Waals surface area contributed by atoms with Crippen LogP contribution in [0, 0.1) is 10.1 Å². The van der Waals surface area contributed by atoms with E-state index in [0.717, 1.165) is 0 Å². The van der Waals surface area contributed by atoms with E-state index in [0.29, 0.717) is 22.0 Å². The van der Waals surface area contributed by atoms with Crippen LogP contribution in [0.3, 0.4) is 0 Å². The molecule has 0 saturated carbocycles. The largest absolute Gasteiger partial charge is 0.455 e. The van der Waals surface area contributed by atoms with E-state index in [9.17, 15) is 19.7 Å². The highest BCUT2D eigenvalue weighted by Gasteiger charge is 2.14. The smallest absolute Gasteiger partial charge is 0.329 e. The molecule has 0 spiro atoms. The van der Waals surface area contributed by atoms with Gasteiger partial charge in [-0.2, -0.15) is 5.10 Å². The van der Waals surface area contributed by atoms with Gasteiger partial charge in [-0.3, -0.25) is 19.7 Å². The van der Waals surface area contributed by atoms with E-state index >= 15 is 0 Å². The number of halogens is 1. The topological polar surface area (TPSA) is 127 Å². The molecule has 0 aliphatic carbocycles. The number of furan rings is 1. The molecule has 146 valence electrons. The lowest BCUT2D eigenvalue weighted by Crippen LogP contribution is -2.32. The number of carbonyl (C=O) groups is 2.